The Morgan fingerprint density at radius 3 is 2.40 bits per heavy atom. The molecule has 1 atom stereocenters. The minimum atomic E-state index is -4.92. The molecule has 1 aliphatic carbocycles. The molecule has 2 aromatic rings. The van der Waals surface area contributed by atoms with E-state index in [4.69, 9.17) is 0 Å². The maximum absolute atomic E-state index is 15.2. The summed E-state index contributed by atoms with van der Waals surface area (Å²) in [6.45, 7) is 2.63. The highest BCUT2D eigenvalue weighted by molar-refractivity contribution is 6.11. The van der Waals surface area contributed by atoms with Gasteiger partial charge in [0.25, 0.3) is 11.8 Å². The average molecular weight is 600 g/mol. The van der Waals surface area contributed by atoms with Gasteiger partial charge in [-0.05, 0) is 55.8 Å². The van der Waals surface area contributed by atoms with Crippen LogP contribution in [0.1, 0.15) is 42.5 Å². The zero-order chi connectivity index (χ0) is 30.7. The first-order chi connectivity index (χ1) is 20.5. The smallest absolute Gasteiger partial charge is 0.367 e. The highest BCUT2D eigenvalue weighted by Gasteiger charge is 2.43. The molecule has 1 saturated heterocycles. The summed E-state index contributed by atoms with van der Waals surface area (Å²) in [6, 6.07) is 8.95. The summed E-state index contributed by atoms with van der Waals surface area (Å²) in [5.74, 6) is -4.88. The van der Waals surface area contributed by atoms with Crippen molar-refractivity contribution in [2.45, 2.75) is 44.3 Å². The van der Waals surface area contributed by atoms with Crippen molar-refractivity contribution in [3.05, 3.63) is 59.4 Å². The number of amides is 3. The number of anilines is 2. The Labute approximate surface area is 246 Å². The number of hydrogen-bond donors (Lipinski definition) is 2. The number of likely N-dealkylation sites (N-methyl/N-ethyl adjacent to an activating group) is 1. The molecule has 3 aliphatic rings. The largest absolute Gasteiger partial charge is 0.414 e. The molecule has 2 N–H and O–H groups in total. The zero-order valence-electron chi connectivity index (χ0n) is 23.7. The van der Waals surface area contributed by atoms with Crippen LogP contribution < -0.4 is 15.5 Å². The Hall–Kier alpha value is -4.06. The number of nitrogens with zero attached hydrogens (tertiary/aromatic N) is 3. The van der Waals surface area contributed by atoms with Gasteiger partial charge in [0.05, 0.1) is 16.9 Å². The number of aliphatic imine (C=N–C) groups is 1. The van der Waals surface area contributed by atoms with Crippen molar-refractivity contribution in [3.63, 3.8) is 0 Å². The zero-order valence-corrected chi connectivity index (χ0v) is 23.7. The minimum Gasteiger partial charge on any atom is -0.367 e. The van der Waals surface area contributed by atoms with Gasteiger partial charge < -0.3 is 20.4 Å². The predicted octanol–water partition coefficient (Wildman–Crippen LogP) is 4.96. The van der Waals surface area contributed by atoms with Crippen molar-refractivity contribution < 1.29 is 31.9 Å². The molecule has 12 heteroatoms. The highest BCUT2D eigenvalue weighted by Crippen LogP contribution is 2.37. The standard InChI is InChI=1S/C31H33F4N5O3/c1-39-11-13-40(14-12-39)27-10-8-19(16-26(27)38-30(43)23-18-36-28(41)17-24(23)31(33,34)35)22-15-20(7-9-25(22)32)29(42)37-21-5-3-2-4-6-21/h7-10,15-18,21,23H,2-6,11-14H2,1H3,(H,37,42)(H,38,43). The quantitative estimate of drug-likeness (QED) is 0.458. The highest BCUT2D eigenvalue weighted by atomic mass is 19.4. The molecule has 8 nitrogen and oxygen atoms in total. The van der Waals surface area contributed by atoms with Gasteiger partial charge in [0.2, 0.25) is 5.91 Å². The lowest BCUT2D eigenvalue weighted by atomic mass is 9.95. The Morgan fingerprint density at radius 2 is 1.70 bits per heavy atom. The third-order valence-electron chi connectivity index (χ3n) is 8.15. The molecule has 0 aromatic heterocycles. The summed E-state index contributed by atoms with van der Waals surface area (Å²) < 4.78 is 56.3. The van der Waals surface area contributed by atoms with E-state index in [2.05, 4.69) is 20.5 Å². The number of dihydropyridines is 1. The molecule has 0 spiro atoms. The number of nitrogens with one attached hydrogen (secondary N) is 2. The van der Waals surface area contributed by atoms with Gasteiger partial charge in [0.1, 0.15) is 11.7 Å². The van der Waals surface area contributed by atoms with Crippen LogP contribution in [-0.2, 0) is 9.59 Å². The van der Waals surface area contributed by atoms with Gasteiger partial charge in [-0.2, -0.15) is 13.2 Å². The second-order valence-electron chi connectivity index (χ2n) is 11.2. The first-order valence-electron chi connectivity index (χ1n) is 14.4. The number of carbonyl (C=O) groups excluding carboxylic acids is 3. The van der Waals surface area contributed by atoms with Gasteiger partial charge in [-0.25, -0.2) is 9.38 Å². The molecule has 0 radical (unpaired) electrons. The first kappa shape index (κ1) is 30.4. The van der Waals surface area contributed by atoms with Crippen LogP contribution in [0.4, 0.5) is 28.9 Å². The van der Waals surface area contributed by atoms with Gasteiger partial charge in [-0.15, -0.1) is 0 Å². The molecule has 3 amide bonds. The molecule has 2 heterocycles. The number of carbonyl (C=O) groups is 3. The summed E-state index contributed by atoms with van der Waals surface area (Å²) in [7, 11) is 1.97. The second-order valence-corrected chi connectivity index (χ2v) is 11.2. The lowest BCUT2D eigenvalue weighted by molar-refractivity contribution is -0.124. The fraction of sp³-hybridized carbons (Fsp3) is 0.419. The van der Waals surface area contributed by atoms with E-state index in [0.717, 1.165) is 45.2 Å². The molecule has 228 valence electrons. The van der Waals surface area contributed by atoms with Crippen molar-refractivity contribution in [1.29, 1.82) is 0 Å². The molecule has 5 rings (SSSR count). The number of piperazine rings is 1. The molecule has 43 heavy (non-hydrogen) atoms. The van der Waals surface area contributed by atoms with Crippen LogP contribution in [-0.4, -0.2) is 74.3 Å². The van der Waals surface area contributed by atoms with Crippen molar-refractivity contribution >= 4 is 35.3 Å². The Kier molecular flexibility index (Phi) is 8.95. The van der Waals surface area contributed by atoms with Crippen molar-refractivity contribution in [3.8, 4) is 11.1 Å². The van der Waals surface area contributed by atoms with E-state index in [-0.39, 0.29) is 28.8 Å². The van der Waals surface area contributed by atoms with E-state index < -0.39 is 35.3 Å². The Bertz CT molecular complexity index is 1460. The van der Waals surface area contributed by atoms with Gasteiger partial charge in [-0.3, -0.25) is 14.4 Å². The SMILES string of the molecule is CN1CCN(c2ccc(-c3cc(C(=O)NC4CCCCC4)ccc3F)cc2NC(=O)C2C=NC(=O)C=C2C(F)(F)F)CC1. The normalized spacial score (nSPS) is 20.1. The number of alkyl halides is 3. The van der Waals surface area contributed by atoms with Crippen LogP contribution in [0.3, 0.4) is 0 Å². The second kappa shape index (κ2) is 12.7. The van der Waals surface area contributed by atoms with Crippen molar-refractivity contribution in [1.82, 2.24) is 10.2 Å². The van der Waals surface area contributed by atoms with Crippen molar-refractivity contribution in [2.75, 3.05) is 43.4 Å². The van der Waals surface area contributed by atoms with E-state index >= 15 is 4.39 Å². The van der Waals surface area contributed by atoms with Crippen LogP contribution in [0, 0.1) is 11.7 Å². The molecular formula is C31H33F4N5O3. The lowest BCUT2D eigenvalue weighted by Gasteiger charge is -2.35. The van der Waals surface area contributed by atoms with E-state index in [1.54, 1.807) is 12.1 Å². The topological polar surface area (TPSA) is 94.1 Å². The predicted molar refractivity (Wildman–Crippen MR) is 156 cm³/mol. The van der Waals surface area contributed by atoms with Crippen molar-refractivity contribution in [2.24, 2.45) is 10.9 Å². The van der Waals surface area contributed by atoms with Gasteiger partial charge in [0.15, 0.2) is 0 Å². The van der Waals surface area contributed by atoms with Crippen LogP contribution in [0.25, 0.3) is 11.1 Å². The molecule has 0 bridgehead atoms. The third-order valence-corrected chi connectivity index (χ3v) is 8.15. The van der Waals surface area contributed by atoms with E-state index in [9.17, 15) is 27.6 Å². The van der Waals surface area contributed by atoms with Crippen LogP contribution in [0.15, 0.2) is 53.0 Å². The summed E-state index contributed by atoms with van der Waals surface area (Å²) in [6.07, 6.45) is 1.08. The fourth-order valence-electron chi connectivity index (χ4n) is 5.70. The summed E-state index contributed by atoms with van der Waals surface area (Å²) >= 11 is 0. The van der Waals surface area contributed by atoms with Gasteiger partial charge in [0, 0.05) is 55.6 Å². The first-order valence-corrected chi connectivity index (χ1v) is 14.4. The minimum absolute atomic E-state index is 0.0636. The summed E-state index contributed by atoms with van der Waals surface area (Å²) in [4.78, 5) is 45.3. The summed E-state index contributed by atoms with van der Waals surface area (Å²) in [5.41, 5.74) is 0.131. The van der Waals surface area contributed by atoms with E-state index in [0.29, 0.717) is 36.6 Å². The molecule has 1 unspecified atom stereocenters. The lowest BCUT2D eigenvalue weighted by Crippen LogP contribution is -2.44. The number of halogens is 4. The monoisotopic (exact) mass is 599 g/mol. The summed E-state index contributed by atoms with van der Waals surface area (Å²) in [5, 5.41) is 5.61. The van der Waals surface area contributed by atoms with Crippen LogP contribution in [0.5, 0.6) is 0 Å². The molecule has 2 fully saturated rings. The van der Waals surface area contributed by atoms with Gasteiger partial charge >= 0.3 is 6.18 Å². The van der Waals surface area contributed by atoms with E-state index in [1.165, 1.54) is 24.3 Å². The fourth-order valence-corrected chi connectivity index (χ4v) is 5.70. The number of hydrogen-bond acceptors (Lipinski definition) is 5. The maximum atomic E-state index is 15.2. The molecule has 2 aliphatic heterocycles. The molecular weight excluding hydrogens is 566 g/mol. The number of rotatable bonds is 6. The van der Waals surface area contributed by atoms with Crippen LogP contribution >= 0.6 is 0 Å². The Morgan fingerprint density at radius 1 is 0.977 bits per heavy atom. The number of benzene rings is 2. The molecule has 2 aromatic carbocycles. The Balaban J connectivity index is 1.47. The third kappa shape index (κ3) is 7.12. The van der Waals surface area contributed by atoms with Gasteiger partial charge in [-0.1, -0.05) is 25.3 Å². The van der Waals surface area contributed by atoms with E-state index in [1.807, 2.05) is 11.9 Å². The average Bonchev–Trinajstić information content (AvgIpc) is 2.98. The maximum Gasteiger partial charge on any atom is 0.414 e. The van der Waals surface area contributed by atoms with Crippen LogP contribution in [0.2, 0.25) is 0 Å². The molecule has 1 saturated carbocycles.